The Morgan fingerprint density at radius 1 is 1.23 bits per heavy atom. The lowest BCUT2D eigenvalue weighted by Gasteiger charge is -2.28. The van der Waals surface area contributed by atoms with Gasteiger partial charge in [-0.3, -0.25) is 4.79 Å². The third-order valence-electron chi connectivity index (χ3n) is 4.82. The number of hydrogen-bond donors (Lipinski definition) is 1. The predicted molar refractivity (Wildman–Crippen MR) is 123 cm³/mol. The first-order valence-corrected chi connectivity index (χ1v) is 11.5. The van der Waals surface area contributed by atoms with E-state index in [4.69, 9.17) is 26.3 Å². The topological polar surface area (TPSA) is 85.2 Å². The van der Waals surface area contributed by atoms with Crippen molar-refractivity contribution in [2.75, 3.05) is 37.7 Å². The van der Waals surface area contributed by atoms with E-state index in [2.05, 4.69) is 29.2 Å². The molecule has 3 aromatic rings. The molecule has 3 heterocycles. The number of nitrogens with one attached hydrogen (secondary N) is 1. The Labute approximate surface area is 190 Å². The summed E-state index contributed by atoms with van der Waals surface area (Å²) in [6, 6.07) is 6.82. The van der Waals surface area contributed by atoms with Crippen molar-refractivity contribution < 1.29 is 9.53 Å². The number of carbonyl (C=O) groups excluding carboxylic acids is 1. The minimum atomic E-state index is -0.146. The molecule has 1 amide bonds. The first-order valence-electron chi connectivity index (χ1n) is 10.3. The monoisotopic (exact) mass is 460 g/mol. The van der Waals surface area contributed by atoms with Crippen molar-refractivity contribution in [1.29, 1.82) is 0 Å². The lowest BCUT2D eigenvalue weighted by Crippen LogP contribution is -2.37. The maximum absolute atomic E-state index is 12.4. The first kappa shape index (κ1) is 21.9. The maximum atomic E-state index is 12.4. The normalized spacial score (nSPS) is 14.4. The van der Waals surface area contributed by atoms with Crippen LogP contribution in [-0.2, 0) is 11.3 Å². The number of halogens is 1. The molecule has 0 bridgehead atoms. The molecule has 0 radical (unpaired) electrons. The van der Waals surface area contributed by atoms with Gasteiger partial charge in [0.25, 0.3) is 5.91 Å². The van der Waals surface area contributed by atoms with Gasteiger partial charge in [-0.2, -0.15) is 5.10 Å². The Balaban J connectivity index is 1.53. The van der Waals surface area contributed by atoms with E-state index in [1.165, 1.54) is 0 Å². The molecule has 31 heavy (non-hydrogen) atoms. The Morgan fingerprint density at radius 2 is 1.97 bits per heavy atom. The quantitative estimate of drug-likeness (QED) is 0.428. The Hall–Kier alpha value is -2.36. The number of rotatable bonds is 7. The van der Waals surface area contributed by atoms with Crippen molar-refractivity contribution in [3.8, 4) is 0 Å². The highest BCUT2D eigenvalue weighted by molar-refractivity contribution is 7.99. The van der Waals surface area contributed by atoms with Crippen LogP contribution in [0.25, 0.3) is 11.0 Å². The summed E-state index contributed by atoms with van der Waals surface area (Å²) in [5.74, 6) is 0.751. The fourth-order valence-electron chi connectivity index (χ4n) is 3.34. The maximum Gasteiger partial charge on any atom is 0.251 e. The average Bonchev–Trinajstić information content (AvgIpc) is 3.16. The zero-order chi connectivity index (χ0) is 21.8. The number of nitrogens with zero attached hydrogens (tertiary/aromatic N) is 5. The van der Waals surface area contributed by atoms with E-state index < -0.39 is 0 Å². The molecule has 4 rings (SSSR count). The minimum Gasteiger partial charge on any atom is -0.378 e. The third kappa shape index (κ3) is 5.28. The number of aromatic nitrogens is 4. The standard InChI is InChI=1S/C21H25ClN6O2S/c1-14(2)31-21-25-18(27-9-11-30-12-10-27)17-13-24-28(19(17)26-21)8-7-23-20(29)15-3-5-16(22)6-4-15/h3-6,13-14H,7-12H2,1-2H3,(H,23,29). The van der Waals surface area contributed by atoms with Crippen molar-refractivity contribution in [2.45, 2.75) is 30.8 Å². The summed E-state index contributed by atoms with van der Waals surface area (Å²) in [7, 11) is 0. The zero-order valence-electron chi connectivity index (χ0n) is 17.5. The van der Waals surface area contributed by atoms with Gasteiger partial charge in [0.2, 0.25) is 0 Å². The molecule has 1 aliphatic heterocycles. The number of carbonyl (C=O) groups is 1. The fraction of sp³-hybridized carbons (Fsp3) is 0.429. The summed E-state index contributed by atoms with van der Waals surface area (Å²) in [5, 5.41) is 10.1. The third-order valence-corrected chi connectivity index (χ3v) is 5.94. The second-order valence-corrected chi connectivity index (χ2v) is 9.44. The second-order valence-electron chi connectivity index (χ2n) is 7.46. The molecule has 1 aliphatic rings. The largest absolute Gasteiger partial charge is 0.378 e. The van der Waals surface area contributed by atoms with E-state index in [0.29, 0.717) is 42.1 Å². The highest BCUT2D eigenvalue weighted by Gasteiger charge is 2.20. The summed E-state index contributed by atoms with van der Waals surface area (Å²) >= 11 is 7.52. The molecule has 0 unspecified atom stereocenters. The molecule has 0 saturated carbocycles. The van der Waals surface area contributed by atoms with Crippen LogP contribution in [0, 0.1) is 0 Å². The van der Waals surface area contributed by atoms with Gasteiger partial charge >= 0.3 is 0 Å². The molecule has 1 aromatic carbocycles. The summed E-state index contributed by atoms with van der Waals surface area (Å²) < 4.78 is 7.32. The smallest absolute Gasteiger partial charge is 0.251 e. The number of thioether (sulfide) groups is 1. The number of morpholine rings is 1. The highest BCUT2D eigenvalue weighted by Crippen LogP contribution is 2.29. The van der Waals surface area contributed by atoms with Crippen LogP contribution in [0.15, 0.2) is 35.6 Å². The van der Waals surface area contributed by atoms with Gasteiger partial charge in [-0.1, -0.05) is 37.2 Å². The molecule has 164 valence electrons. The van der Waals surface area contributed by atoms with Gasteiger partial charge in [-0.05, 0) is 24.3 Å². The molecule has 10 heteroatoms. The van der Waals surface area contributed by atoms with Gasteiger partial charge in [0.15, 0.2) is 10.8 Å². The number of ether oxygens (including phenoxy) is 1. The van der Waals surface area contributed by atoms with E-state index in [1.807, 2.05) is 10.9 Å². The van der Waals surface area contributed by atoms with Crippen molar-refractivity contribution in [2.24, 2.45) is 0 Å². The Bertz CT molecular complexity index is 1050. The Kier molecular flexibility index (Phi) is 6.94. The number of amides is 1. The van der Waals surface area contributed by atoms with Gasteiger partial charge in [0.1, 0.15) is 5.82 Å². The molecule has 0 spiro atoms. The molecule has 1 N–H and O–H groups in total. The summed E-state index contributed by atoms with van der Waals surface area (Å²) in [6.45, 7) is 8.13. The molecule has 1 saturated heterocycles. The van der Waals surface area contributed by atoms with Gasteiger partial charge in [-0.15, -0.1) is 0 Å². The van der Waals surface area contributed by atoms with Gasteiger partial charge in [0.05, 0.1) is 31.3 Å². The average molecular weight is 461 g/mol. The van der Waals surface area contributed by atoms with Crippen LogP contribution in [0.4, 0.5) is 5.82 Å². The number of anilines is 1. The molecular weight excluding hydrogens is 436 g/mol. The van der Waals surface area contributed by atoms with Crippen molar-refractivity contribution in [1.82, 2.24) is 25.1 Å². The number of hydrogen-bond acceptors (Lipinski definition) is 7. The van der Waals surface area contributed by atoms with Gasteiger partial charge in [-0.25, -0.2) is 14.6 Å². The zero-order valence-corrected chi connectivity index (χ0v) is 19.1. The molecule has 0 atom stereocenters. The van der Waals surface area contributed by atoms with Crippen LogP contribution < -0.4 is 10.2 Å². The molecule has 0 aliphatic carbocycles. The Morgan fingerprint density at radius 3 is 2.68 bits per heavy atom. The lowest BCUT2D eigenvalue weighted by molar-refractivity contribution is 0.0952. The molecular formula is C21H25ClN6O2S. The SMILES string of the molecule is CC(C)Sc1nc(N2CCOCC2)c2cnn(CCNC(=O)c3ccc(Cl)cc3)c2n1. The fourth-order valence-corrected chi connectivity index (χ4v) is 4.17. The van der Waals surface area contributed by atoms with E-state index in [1.54, 1.807) is 36.0 Å². The predicted octanol–water partition coefficient (Wildman–Crippen LogP) is 3.25. The molecule has 2 aromatic heterocycles. The second kappa shape index (κ2) is 9.84. The molecule has 8 nitrogen and oxygen atoms in total. The minimum absolute atomic E-state index is 0.146. The van der Waals surface area contributed by atoms with Gasteiger partial charge < -0.3 is 15.0 Å². The van der Waals surface area contributed by atoms with E-state index in [-0.39, 0.29) is 5.91 Å². The highest BCUT2D eigenvalue weighted by atomic mass is 35.5. The van der Waals surface area contributed by atoms with Crippen molar-refractivity contribution in [3.05, 3.63) is 41.0 Å². The van der Waals surface area contributed by atoms with Crippen LogP contribution in [0.2, 0.25) is 5.02 Å². The lowest BCUT2D eigenvalue weighted by atomic mass is 10.2. The van der Waals surface area contributed by atoms with E-state index in [0.717, 1.165) is 35.1 Å². The van der Waals surface area contributed by atoms with Crippen LogP contribution >= 0.6 is 23.4 Å². The summed E-state index contributed by atoms with van der Waals surface area (Å²) in [6.07, 6.45) is 1.81. The summed E-state index contributed by atoms with van der Waals surface area (Å²) in [4.78, 5) is 24.2. The number of fused-ring (bicyclic) bond motifs is 1. The summed E-state index contributed by atoms with van der Waals surface area (Å²) in [5.41, 5.74) is 1.35. The first-order chi connectivity index (χ1) is 15.0. The van der Waals surface area contributed by atoms with Crippen LogP contribution in [0.1, 0.15) is 24.2 Å². The van der Waals surface area contributed by atoms with E-state index in [9.17, 15) is 4.79 Å². The number of benzene rings is 1. The van der Waals surface area contributed by atoms with Crippen LogP contribution in [0.5, 0.6) is 0 Å². The van der Waals surface area contributed by atoms with E-state index >= 15 is 0 Å². The van der Waals surface area contributed by atoms with Crippen molar-refractivity contribution >= 4 is 46.1 Å². The van der Waals surface area contributed by atoms with Gasteiger partial charge in [0, 0.05) is 35.5 Å². The van der Waals surface area contributed by atoms with Crippen LogP contribution in [-0.4, -0.2) is 63.8 Å². The van der Waals surface area contributed by atoms with Crippen molar-refractivity contribution in [3.63, 3.8) is 0 Å². The van der Waals surface area contributed by atoms with Crippen LogP contribution in [0.3, 0.4) is 0 Å². The molecule has 1 fully saturated rings.